The summed E-state index contributed by atoms with van der Waals surface area (Å²) in [5.74, 6) is 0.594. The standard InChI is InChI=1S/C19H19ClF3N3/c1-2-3-15(24)18-25-16-10-13(19(21,22)23)6-9-17(16)26(18)11-12-4-7-14(20)8-5-12/h4-10,15H,2-3,11,24H2,1H3/t15-/m0/s1. The van der Waals surface area contributed by atoms with Gasteiger partial charge in [0.1, 0.15) is 5.82 Å². The molecule has 1 atom stereocenters. The summed E-state index contributed by atoms with van der Waals surface area (Å²) in [6.07, 6.45) is -2.84. The van der Waals surface area contributed by atoms with Crippen molar-refractivity contribution in [1.29, 1.82) is 0 Å². The van der Waals surface area contributed by atoms with E-state index < -0.39 is 11.7 Å². The van der Waals surface area contributed by atoms with Gasteiger partial charge in [-0.25, -0.2) is 4.98 Å². The third kappa shape index (κ3) is 3.86. The Morgan fingerprint density at radius 2 is 1.85 bits per heavy atom. The molecule has 0 bridgehead atoms. The third-order valence-electron chi connectivity index (χ3n) is 4.29. The lowest BCUT2D eigenvalue weighted by molar-refractivity contribution is -0.137. The molecule has 26 heavy (non-hydrogen) atoms. The lowest BCUT2D eigenvalue weighted by Gasteiger charge is -2.14. The van der Waals surface area contributed by atoms with E-state index >= 15 is 0 Å². The van der Waals surface area contributed by atoms with Crippen LogP contribution in [-0.2, 0) is 12.7 Å². The Bertz CT molecular complexity index is 901. The Kier molecular flexibility index (Phi) is 5.25. The number of hydrogen-bond acceptors (Lipinski definition) is 2. The molecule has 3 rings (SSSR count). The molecule has 1 heterocycles. The molecule has 0 aliphatic rings. The van der Waals surface area contributed by atoms with Crippen LogP contribution in [0, 0.1) is 0 Å². The minimum Gasteiger partial charge on any atom is -0.322 e. The number of rotatable bonds is 5. The molecule has 7 heteroatoms. The van der Waals surface area contributed by atoms with E-state index in [2.05, 4.69) is 4.98 Å². The molecule has 0 unspecified atom stereocenters. The van der Waals surface area contributed by atoms with Gasteiger partial charge < -0.3 is 10.3 Å². The Morgan fingerprint density at radius 3 is 2.46 bits per heavy atom. The van der Waals surface area contributed by atoms with Crippen LogP contribution in [0.5, 0.6) is 0 Å². The van der Waals surface area contributed by atoms with Gasteiger partial charge in [0.05, 0.1) is 22.6 Å². The van der Waals surface area contributed by atoms with Gasteiger partial charge in [-0.15, -0.1) is 0 Å². The van der Waals surface area contributed by atoms with E-state index in [-0.39, 0.29) is 6.04 Å². The smallest absolute Gasteiger partial charge is 0.322 e. The summed E-state index contributed by atoms with van der Waals surface area (Å²) in [5.41, 5.74) is 7.44. The van der Waals surface area contributed by atoms with E-state index in [0.717, 1.165) is 24.1 Å². The number of alkyl halides is 3. The van der Waals surface area contributed by atoms with Crippen LogP contribution >= 0.6 is 11.6 Å². The number of hydrogen-bond donors (Lipinski definition) is 1. The van der Waals surface area contributed by atoms with Gasteiger partial charge in [-0.2, -0.15) is 13.2 Å². The number of nitrogens with two attached hydrogens (primary N) is 1. The normalized spacial score (nSPS) is 13.3. The highest BCUT2D eigenvalue weighted by Crippen LogP contribution is 2.32. The van der Waals surface area contributed by atoms with Gasteiger partial charge in [0.2, 0.25) is 0 Å². The summed E-state index contributed by atoms with van der Waals surface area (Å²) in [5, 5.41) is 0.627. The number of aromatic nitrogens is 2. The second-order valence-electron chi connectivity index (χ2n) is 6.28. The maximum absolute atomic E-state index is 13.0. The van der Waals surface area contributed by atoms with Gasteiger partial charge in [-0.05, 0) is 42.3 Å². The average Bonchev–Trinajstić information content (AvgIpc) is 2.94. The summed E-state index contributed by atoms with van der Waals surface area (Å²) >= 11 is 5.93. The second kappa shape index (κ2) is 7.29. The van der Waals surface area contributed by atoms with E-state index in [0.29, 0.717) is 34.8 Å². The predicted molar refractivity (Wildman–Crippen MR) is 97.1 cm³/mol. The fraction of sp³-hybridized carbons (Fsp3) is 0.316. The zero-order valence-electron chi connectivity index (χ0n) is 14.2. The van der Waals surface area contributed by atoms with E-state index in [9.17, 15) is 13.2 Å². The molecule has 0 saturated heterocycles. The van der Waals surface area contributed by atoms with Crippen molar-refractivity contribution in [3.8, 4) is 0 Å². The monoisotopic (exact) mass is 381 g/mol. The molecule has 0 amide bonds. The first kappa shape index (κ1) is 18.7. The van der Waals surface area contributed by atoms with Crippen molar-refractivity contribution in [1.82, 2.24) is 9.55 Å². The van der Waals surface area contributed by atoms with Crippen molar-refractivity contribution in [2.24, 2.45) is 5.73 Å². The molecular formula is C19H19ClF3N3. The minimum atomic E-state index is -4.40. The Balaban J connectivity index is 2.10. The molecule has 0 aliphatic heterocycles. The minimum absolute atomic E-state index is 0.301. The van der Waals surface area contributed by atoms with Crippen LogP contribution in [0.1, 0.15) is 42.8 Å². The zero-order valence-corrected chi connectivity index (χ0v) is 15.0. The highest BCUT2D eigenvalue weighted by Gasteiger charge is 2.31. The van der Waals surface area contributed by atoms with Crippen LogP contribution in [-0.4, -0.2) is 9.55 Å². The first-order chi connectivity index (χ1) is 12.3. The largest absolute Gasteiger partial charge is 0.416 e. The molecule has 3 aromatic rings. The van der Waals surface area contributed by atoms with Crippen molar-refractivity contribution < 1.29 is 13.2 Å². The molecule has 2 aromatic carbocycles. The van der Waals surface area contributed by atoms with Crippen molar-refractivity contribution in [2.45, 2.75) is 38.5 Å². The number of halogens is 4. The van der Waals surface area contributed by atoms with Crippen LogP contribution in [0.2, 0.25) is 5.02 Å². The van der Waals surface area contributed by atoms with Crippen LogP contribution in [0.4, 0.5) is 13.2 Å². The van der Waals surface area contributed by atoms with Crippen LogP contribution in [0.15, 0.2) is 42.5 Å². The van der Waals surface area contributed by atoms with Gasteiger partial charge in [-0.1, -0.05) is 37.1 Å². The van der Waals surface area contributed by atoms with Crippen LogP contribution in [0.3, 0.4) is 0 Å². The highest BCUT2D eigenvalue weighted by atomic mass is 35.5. The third-order valence-corrected chi connectivity index (χ3v) is 4.54. The number of nitrogens with zero attached hydrogens (tertiary/aromatic N) is 2. The molecule has 0 fully saturated rings. The van der Waals surface area contributed by atoms with E-state index in [1.54, 1.807) is 12.1 Å². The van der Waals surface area contributed by atoms with Gasteiger partial charge in [-0.3, -0.25) is 0 Å². The maximum atomic E-state index is 13.0. The van der Waals surface area contributed by atoms with E-state index in [1.807, 2.05) is 23.6 Å². The molecule has 138 valence electrons. The average molecular weight is 382 g/mol. The van der Waals surface area contributed by atoms with E-state index in [4.69, 9.17) is 17.3 Å². The summed E-state index contributed by atoms with van der Waals surface area (Å²) in [6.45, 7) is 2.47. The van der Waals surface area contributed by atoms with Crippen molar-refractivity contribution >= 4 is 22.6 Å². The molecule has 0 saturated carbocycles. The Morgan fingerprint density at radius 1 is 1.15 bits per heavy atom. The Hall–Kier alpha value is -2.05. The number of fused-ring (bicyclic) bond motifs is 1. The maximum Gasteiger partial charge on any atom is 0.416 e. The van der Waals surface area contributed by atoms with Crippen molar-refractivity contribution in [3.05, 3.63) is 64.4 Å². The van der Waals surface area contributed by atoms with Crippen LogP contribution < -0.4 is 5.73 Å². The first-order valence-electron chi connectivity index (χ1n) is 8.37. The summed E-state index contributed by atoms with van der Waals surface area (Å²) < 4.78 is 40.9. The SMILES string of the molecule is CCC[C@H](N)c1nc2cc(C(F)(F)F)ccc2n1Cc1ccc(Cl)cc1. The summed E-state index contributed by atoms with van der Waals surface area (Å²) in [4.78, 5) is 4.43. The molecule has 0 radical (unpaired) electrons. The first-order valence-corrected chi connectivity index (χ1v) is 8.74. The quantitative estimate of drug-likeness (QED) is 0.629. The van der Waals surface area contributed by atoms with Gasteiger partial charge in [0.25, 0.3) is 0 Å². The summed E-state index contributed by atoms with van der Waals surface area (Å²) in [7, 11) is 0. The zero-order chi connectivity index (χ0) is 18.9. The van der Waals surface area contributed by atoms with Crippen LogP contribution in [0.25, 0.3) is 11.0 Å². The molecule has 2 N–H and O–H groups in total. The lowest BCUT2D eigenvalue weighted by Crippen LogP contribution is -2.17. The fourth-order valence-corrected chi connectivity index (χ4v) is 3.11. The number of benzene rings is 2. The lowest BCUT2D eigenvalue weighted by atomic mass is 10.1. The van der Waals surface area contributed by atoms with Gasteiger partial charge in [0.15, 0.2) is 0 Å². The van der Waals surface area contributed by atoms with Crippen molar-refractivity contribution in [3.63, 3.8) is 0 Å². The Labute approximate surface area is 154 Å². The van der Waals surface area contributed by atoms with E-state index in [1.165, 1.54) is 6.07 Å². The molecular weight excluding hydrogens is 363 g/mol. The summed E-state index contributed by atoms with van der Waals surface area (Å²) in [6, 6.07) is 10.6. The van der Waals surface area contributed by atoms with Gasteiger partial charge >= 0.3 is 6.18 Å². The van der Waals surface area contributed by atoms with Gasteiger partial charge in [0, 0.05) is 11.6 Å². The molecule has 0 spiro atoms. The topological polar surface area (TPSA) is 43.8 Å². The fourth-order valence-electron chi connectivity index (χ4n) is 2.99. The molecule has 0 aliphatic carbocycles. The predicted octanol–water partition coefficient (Wildman–Crippen LogP) is 5.56. The highest BCUT2D eigenvalue weighted by molar-refractivity contribution is 6.30. The molecule has 1 aromatic heterocycles. The number of imidazole rings is 1. The van der Waals surface area contributed by atoms with Crippen molar-refractivity contribution in [2.75, 3.05) is 0 Å². The second-order valence-corrected chi connectivity index (χ2v) is 6.72. The molecule has 3 nitrogen and oxygen atoms in total.